The molecule has 0 amide bonds. The van der Waals surface area contributed by atoms with Gasteiger partial charge in [0.1, 0.15) is 5.75 Å². The molecule has 5 heteroatoms. The molecule has 0 saturated heterocycles. The molecule has 2 rings (SSSR count). The summed E-state index contributed by atoms with van der Waals surface area (Å²) in [5.74, 6) is 6.49. The second-order valence-corrected chi connectivity index (χ2v) is 4.19. The van der Waals surface area contributed by atoms with Gasteiger partial charge < -0.3 is 4.74 Å². The van der Waals surface area contributed by atoms with Crippen LogP contribution in [0, 0.1) is 0 Å². The summed E-state index contributed by atoms with van der Waals surface area (Å²) in [5, 5.41) is 4.16. The van der Waals surface area contributed by atoms with Crippen LogP contribution in [-0.2, 0) is 13.5 Å². The second kappa shape index (κ2) is 5.66. The maximum absolute atomic E-state index is 5.65. The largest absolute Gasteiger partial charge is 0.496 e. The van der Waals surface area contributed by atoms with Crippen LogP contribution < -0.4 is 16.0 Å². The summed E-state index contributed by atoms with van der Waals surface area (Å²) in [4.78, 5) is 0. The van der Waals surface area contributed by atoms with E-state index in [-0.39, 0.29) is 6.04 Å². The number of rotatable bonds is 5. The number of benzene rings is 1. The van der Waals surface area contributed by atoms with Crippen LogP contribution in [0.2, 0.25) is 0 Å². The molecule has 3 N–H and O–H groups in total. The zero-order valence-electron chi connectivity index (χ0n) is 10.6. The Morgan fingerprint density at radius 2 is 2.22 bits per heavy atom. The standard InChI is InChI=1S/C13H18N4O/c1-17-9-10(8-15-17)7-12(16-14)11-5-3-4-6-13(11)18-2/h3-6,8-9,12,16H,7,14H2,1-2H3. The summed E-state index contributed by atoms with van der Waals surface area (Å²) in [7, 11) is 3.56. The summed E-state index contributed by atoms with van der Waals surface area (Å²) in [5.41, 5.74) is 5.01. The molecular formula is C13H18N4O. The van der Waals surface area contributed by atoms with Gasteiger partial charge in [0.2, 0.25) is 0 Å². The highest BCUT2D eigenvalue weighted by atomic mass is 16.5. The molecule has 1 aromatic heterocycles. The Balaban J connectivity index is 2.22. The topological polar surface area (TPSA) is 65.1 Å². The van der Waals surface area contributed by atoms with Crippen molar-refractivity contribution in [3.63, 3.8) is 0 Å². The van der Waals surface area contributed by atoms with Crippen molar-refractivity contribution in [2.75, 3.05) is 7.11 Å². The van der Waals surface area contributed by atoms with E-state index in [0.717, 1.165) is 23.3 Å². The van der Waals surface area contributed by atoms with Crippen LogP contribution in [0.3, 0.4) is 0 Å². The fraction of sp³-hybridized carbons (Fsp3) is 0.308. The van der Waals surface area contributed by atoms with Gasteiger partial charge in [-0.25, -0.2) is 0 Å². The zero-order valence-corrected chi connectivity index (χ0v) is 10.6. The number of ether oxygens (including phenoxy) is 1. The average molecular weight is 246 g/mol. The number of aromatic nitrogens is 2. The average Bonchev–Trinajstić information content (AvgIpc) is 2.81. The summed E-state index contributed by atoms with van der Waals surface area (Å²) in [6, 6.07) is 7.87. The van der Waals surface area contributed by atoms with Crippen molar-refractivity contribution in [3.8, 4) is 5.75 Å². The van der Waals surface area contributed by atoms with Crippen molar-refractivity contribution in [2.45, 2.75) is 12.5 Å². The first-order valence-electron chi connectivity index (χ1n) is 5.81. The molecule has 96 valence electrons. The molecule has 0 radical (unpaired) electrons. The number of aryl methyl sites for hydroxylation is 1. The summed E-state index contributed by atoms with van der Waals surface area (Å²) in [6.45, 7) is 0. The molecule has 0 aliphatic heterocycles. The third-order valence-electron chi connectivity index (χ3n) is 2.91. The smallest absolute Gasteiger partial charge is 0.123 e. The fourth-order valence-corrected chi connectivity index (χ4v) is 2.03. The first-order valence-corrected chi connectivity index (χ1v) is 5.81. The molecule has 0 bridgehead atoms. The van der Waals surface area contributed by atoms with E-state index in [1.807, 2.05) is 43.7 Å². The fourth-order valence-electron chi connectivity index (χ4n) is 2.03. The molecule has 0 aliphatic rings. The second-order valence-electron chi connectivity index (χ2n) is 4.19. The third-order valence-corrected chi connectivity index (χ3v) is 2.91. The number of nitrogens with two attached hydrogens (primary N) is 1. The molecule has 1 heterocycles. The van der Waals surface area contributed by atoms with Crippen molar-refractivity contribution >= 4 is 0 Å². The van der Waals surface area contributed by atoms with Gasteiger partial charge in [-0.1, -0.05) is 18.2 Å². The number of methoxy groups -OCH3 is 1. The Hall–Kier alpha value is -1.85. The molecule has 0 aliphatic carbocycles. The predicted octanol–water partition coefficient (Wildman–Crippen LogP) is 1.18. The minimum Gasteiger partial charge on any atom is -0.496 e. The van der Waals surface area contributed by atoms with E-state index in [0.29, 0.717) is 0 Å². The lowest BCUT2D eigenvalue weighted by Crippen LogP contribution is -2.29. The zero-order chi connectivity index (χ0) is 13.0. The molecule has 0 saturated carbocycles. The predicted molar refractivity (Wildman–Crippen MR) is 70.0 cm³/mol. The number of nitrogens with zero attached hydrogens (tertiary/aromatic N) is 2. The summed E-state index contributed by atoms with van der Waals surface area (Å²) in [6.07, 6.45) is 4.60. The van der Waals surface area contributed by atoms with Crippen LogP contribution in [0.25, 0.3) is 0 Å². The van der Waals surface area contributed by atoms with Gasteiger partial charge in [0.15, 0.2) is 0 Å². The molecule has 1 atom stereocenters. The van der Waals surface area contributed by atoms with Crippen LogP contribution in [0.1, 0.15) is 17.2 Å². The minimum absolute atomic E-state index is 0.00495. The lowest BCUT2D eigenvalue weighted by atomic mass is 10.0. The molecule has 0 spiro atoms. The van der Waals surface area contributed by atoms with Crippen molar-refractivity contribution in [1.82, 2.24) is 15.2 Å². The Kier molecular flexibility index (Phi) is 3.96. The number of hydrazine groups is 1. The Bertz CT molecular complexity index is 509. The van der Waals surface area contributed by atoms with Crippen LogP contribution in [0.15, 0.2) is 36.7 Å². The van der Waals surface area contributed by atoms with E-state index in [1.165, 1.54) is 0 Å². The highest BCUT2D eigenvalue weighted by Crippen LogP contribution is 2.26. The quantitative estimate of drug-likeness (QED) is 0.614. The number of hydrogen-bond donors (Lipinski definition) is 2. The highest BCUT2D eigenvalue weighted by molar-refractivity contribution is 5.36. The van der Waals surface area contributed by atoms with E-state index in [9.17, 15) is 0 Å². The number of para-hydroxylation sites is 1. The Labute approximate surface area is 107 Å². The van der Waals surface area contributed by atoms with E-state index < -0.39 is 0 Å². The summed E-state index contributed by atoms with van der Waals surface area (Å²) >= 11 is 0. The first kappa shape index (κ1) is 12.6. The van der Waals surface area contributed by atoms with E-state index in [4.69, 9.17) is 10.6 Å². The van der Waals surface area contributed by atoms with E-state index in [1.54, 1.807) is 11.8 Å². The van der Waals surface area contributed by atoms with Crippen LogP contribution in [-0.4, -0.2) is 16.9 Å². The van der Waals surface area contributed by atoms with Crippen LogP contribution in [0.4, 0.5) is 0 Å². The first-order chi connectivity index (χ1) is 8.74. The van der Waals surface area contributed by atoms with Gasteiger partial charge in [0.25, 0.3) is 0 Å². The molecule has 5 nitrogen and oxygen atoms in total. The Morgan fingerprint density at radius 3 is 2.83 bits per heavy atom. The van der Waals surface area contributed by atoms with Gasteiger partial charge >= 0.3 is 0 Å². The van der Waals surface area contributed by atoms with Gasteiger partial charge in [0.05, 0.1) is 19.3 Å². The SMILES string of the molecule is COc1ccccc1C(Cc1cnn(C)c1)NN. The molecule has 1 unspecified atom stereocenters. The van der Waals surface area contributed by atoms with Crippen molar-refractivity contribution in [1.29, 1.82) is 0 Å². The highest BCUT2D eigenvalue weighted by Gasteiger charge is 2.15. The summed E-state index contributed by atoms with van der Waals surface area (Å²) < 4.78 is 7.14. The van der Waals surface area contributed by atoms with Crippen LogP contribution >= 0.6 is 0 Å². The molecule has 0 fully saturated rings. The molecule has 1 aromatic carbocycles. The van der Waals surface area contributed by atoms with Crippen LogP contribution in [0.5, 0.6) is 5.75 Å². The monoisotopic (exact) mass is 246 g/mol. The van der Waals surface area contributed by atoms with Crippen molar-refractivity contribution < 1.29 is 4.74 Å². The normalized spacial score (nSPS) is 12.4. The van der Waals surface area contributed by atoms with Gasteiger partial charge in [-0.2, -0.15) is 5.10 Å². The number of hydrogen-bond acceptors (Lipinski definition) is 4. The van der Waals surface area contributed by atoms with Gasteiger partial charge in [-0.3, -0.25) is 16.0 Å². The lowest BCUT2D eigenvalue weighted by molar-refractivity contribution is 0.399. The number of nitrogens with one attached hydrogen (secondary N) is 1. The molecule has 18 heavy (non-hydrogen) atoms. The van der Waals surface area contributed by atoms with E-state index >= 15 is 0 Å². The maximum atomic E-state index is 5.65. The van der Waals surface area contributed by atoms with Gasteiger partial charge in [-0.05, 0) is 18.1 Å². The molecular weight excluding hydrogens is 228 g/mol. The minimum atomic E-state index is 0.00495. The van der Waals surface area contributed by atoms with Crippen molar-refractivity contribution in [2.24, 2.45) is 12.9 Å². The van der Waals surface area contributed by atoms with E-state index in [2.05, 4.69) is 10.5 Å². The van der Waals surface area contributed by atoms with Gasteiger partial charge in [0, 0.05) is 18.8 Å². The lowest BCUT2D eigenvalue weighted by Gasteiger charge is -2.18. The Morgan fingerprint density at radius 1 is 1.44 bits per heavy atom. The third kappa shape index (κ3) is 2.69. The van der Waals surface area contributed by atoms with Crippen molar-refractivity contribution in [3.05, 3.63) is 47.8 Å². The molecule has 2 aromatic rings. The maximum Gasteiger partial charge on any atom is 0.123 e. The van der Waals surface area contributed by atoms with Gasteiger partial charge in [-0.15, -0.1) is 0 Å².